The topological polar surface area (TPSA) is 104 Å². The van der Waals surface area contributed by atoms with Crippen LogP contribution in [0.2, 0.25) is 0 Å². The summed E-state index contributed by atoms with van der Waals surface area (Å²) < 4.78 is 28.3. The molecule has 1 aliphatic carbocycles. The summed E-state index contributed by atoms with van der Waals surface area (Å²) in [5, 5.41) is 0. The van der Waals surface area contributed by atoms with Crippen molar-refractivity contribution in [3.05, 3.63) is 23.8 Å². The smallest absolute Gasteiger partial charge is 0.341 e. The third-order valence-corrected chi connectivity index (χ3v) is 6.78. The lowest BCUT2D eigenvalue weighted by atomic mass is 9.82. The molecular formula is C22H28O8. The number of epoxide rings is 2. The fourth-order valence-corrected chi connectivity index (χ4v) is 4.48. The van der Waals surface area contributed by atoms with Crippen molar-refractivity contribution in [2.45, 2.75) is 89.2 Å². The number of rotatable bonds is 3. The maximum atomic E-state index is 12.8. The summed E-state index contributed by atoms with van der Waals surface area (Å²) in [5.41, 5.74) is -0.554. The Kier molecular flexibility index (Phi) is 4.86. The van der Waals surface area contributed by atoms with E-state index in [0.717, 1.165) is 5.57 Å². The number of ether oxygens (including phenoxy) is 5. The quantitative estimate of drug-likeness (QED) is 0.225. The minimum atomic E-state index is -0.980. The molecule has 0 amide bonds. The van der Waals surface area contributed by atoms with Gasteiger partial charge in [-0.05, 0) is 39.3 Å². The second-order valence-corrected chi connectivity index (χ2v) is 9.10. The Morgan fingerprint density at radius 3 is 2.50 bits per heavy atom. The van der Waals surface area contributed by atoms with E-state index in [2.05, 4.69) is 6.58 Å². The van der Waals surface area contributed by atoms with Gasteiger partial charge in [0.05, 0.1) is 23.7 Å². The van der Waals surface area contributed by atoms with Crippen LogP contribution in [0.25, 0.3) is 0 Å². The molecule has 30 heavy (non-hydrogen) atoms. The fraction of sp³-hybridized carbons (Fsp3) is 0.682. The van der Waals surface area contributed by atoms with Crippen molar-refractivity contribution in [2.75, 3.05) is 0 Å². The van der Waals surface area contributed by atoms with Crippen LogP contribution in [-0.2, 0) is 38.1 Å². The molecule has 0 bridgehead atoms. The molecule has 0 unspecified atom stereocenters. The number of hydrogen-bond donors (Lipinski definition) is 0. The van der Waals surface area contributed by atoms with Crippen molar-refractivity contribution < 1.29 is 38.1 Å². The first-order valence-corrected chi connectivity index (χ1v) is 10.3. The van der Waals surface area contributed by atoms with Crippen molar-refractivity contribution in [2.24, 2.45) is 5.92 Å². The van der Waals surface area contributed by atoms with Crippen LogP contribution in [0.1, 0.15) is 47.5 Å². The second-order valence-electron chi connectivity index (χ2n) is 9.10. The average Bonchev–Trinajstić information content (AvgIpc) is 3.43. The van der Waals surface area contributed by atoms with E-state index in [1.807, 2.05) is 13.8 Å². The minimum absolute atomic E-state index is 0.166. The standard InChI is InChI=1S/C22H28O8/c1-10-7-15-18(11(2)19(24)27-15)16(28-20(25)22(6)12(3)29-22)9-21(5)17(30-21)8-14(10)26-13(4)23/h7,12,14-18H,2,8-9H2,1,3-6H3/b10-7-/t12-,14+,15-,16-,17-,18+,21-,22+/m1/s1. The predicted octanol–water partition coefficient (Wildman–Crippen LogP) is 2.00. The van der Waals surface area contributed by atoms with Crippen LogP contribution in [0.3, 0.4) is 0 Å². The van der Waals surface area contributed by atoms with Gasteiger partial charge in [0.1, 0.15) is 18.3 Å². The van der Waals surface area contributed by atoms with Gasteiger partial charge in [-0.1, -0.05) is 6.58 Å². The molecule has 0 spiro atoms. The van der Waals surface area contributed by atoms with Crippen molar-refractivity contribution in [1.29, 1.82) is 0 Å². The van der Waals surface area contributed by atoms with Gasteiger partial charge in [-0.15, -0.1) is 0 Å². The van der Waals surface area contributed by atoms with Crippen LogP contribution in [0.5, 0.6) is 0 Å². The van der Waals surface area contributed by atoms with E-state index in [-0.39, 0.29) is 17.8 Å². The van der Waals surface area contributed by atoms with E-state index in [1.165, 1.54) is 6.92 Å². The van der Waals surface area contributed by atoms with Gasteiger partial charge in [0.15, 0.2) is 5.60 Å². The Morgan fingerprint density at radius 1 is 1.23 bits per heavy atom. The number of carbonyl (C=O) groups is 3. The lowest BCUT2D eigenvalue weighted by Crippen LogP contribution is -2.40. The Balaban J connectivity index is 1.67. The van der Waals surface area contributed by atoms with Crippen LogP contribution >= 0.6 is 0 Å². The zero-order chi connectivity index (χ0) is 22.0. The molecule has 3 saturated heterocycles. The monoisotopic (exact) mass is 420 g/mol. The maximum absolute atomic E-state index is 12.8. The van der Waals surface area contributed by atoms with Gasteiger partial charge in [0, 0.05) is 25.3 Å². The van der Waals surface area contributed by atoms with E-state index >= 15 is 0 Å². The van der Waals surface area contributed by atoms with Crippen molar-refractivity contribution in [1.82, 2.24) is 0 Å². The molecular weight excluding hydrogens is 392 g/mol. The Morgan fingerprint density at radius 2 is 1.90 bits per heavy atom. The van der Waals surface area contributed by atoms with Crippen LogP contribution in [0.15, 0.2) is 23.8 Å². The maximum Gasteiger partial charge on any atom is 0.341 e. The summed E-state index contributed by atoms with van der Waals surface area (Å²) >= 11 is 0. The van der Waals surface area contributed by atoms with E-state index in [9.17, 15) is 14.4 Å². The van der Waals surface area contributed by atoms with Gasteiger partial charge < -0.3 is 23.7 Å². The molecule has 0 aromatic carbocycles. The number of hydrogen-bond acceptors (Lipinski definition) is 8. The summed E-state index contributed by atoms with van der Waals surface area (Å²) in [7, 11) is 0. The summed E-state index contributed by atoms with van der Waals surface area (Å²) in [4.78, 5) is 36.7. The third kappa shape index (κ3) is 3.56. The lowest BCUT2D eigenvalue weighted by molar-refractivity contribution is -0.159. The number of carbonyl (C=O) groups excluding carboxylic acids is 3. The molecule has 0 aromatic rings. The Labute approximate surface area is 175 Å². The summed E-state index contributed by atoms with van der Waals surface area (Å²) in [5.74, 6) is -1.96. The van der Waals surface area contributed by atoms with Crippen molar-refractivity contribution >= 4 is 17.9 Å². The van der Waals surface area contributed by atoms with E-state index in [0.29, 0.717) is 12.8 Å². The van der Waals surface area contributed by atoms with E-state index < -0.39 is 53.3 Å². The summed E-state index contributed by atoms with van der Waals surface area (Å²) in [6.45, 7) is 12.5. The van der Waals surface area contributed by atoms with Gasteiger partial charge in [0.25, 0.3) is 0 Å². The zero-order valence-corrected chi connectivity index (χ0v) is 17.9. The lowest BCUT2D eigenvalue weighted by Gasteiger charge is -2.30. The molecule has 8 atom stereocenters. The van der Waals surface area contributed by atoms with E-state index in [4.69, 9.17) is 23.7 Å². The molecule has 3 fully saturated rings. The number of esters is 3. The molecule has 3 aliphatic heterocycles. The molecule has 0 saturated carbocycles. The van der Waals surface area contributed by atoms with Crippen molar-refractivity contribution in [3.8, 4) is 0 Å². The van der Waals surface area contributed by atoms with Gasteiger partial charge >= 0.3 is 17.9 Å². The van der Waals surface area contributed by atoms with Gasteiger partial charge in [0.2, 0.25) is 0 Å². The van der Waals surface area contributed by atoms with E-state index in [1.54, 1.807) is 19.9 Å². The molecule has 0 N–H and O–H groups in total. The Hall–Kier alpha value is -2.19. The second kappa shape index (κ2) is 6.92. The summed E-state index contributed by atoms with van der Waals surface area (Å²) in [6, 6.07) is 0. The Bertz CT molecular complexity index is 846. The van der Waals surface area contributed by atoms with Crippen molar-refractivity contribution in [3.63, 3.8) is 0 Å². The molecule has 164 valence electrons. The molecule has 4 rings (SSSR count). The molecule has 0 aromatic heterocycles. The molecule has 0 radical (unpaired) electrons. The van der Waals surface area contributed by atoms with Crippen LogP contribution in [0.4, 0.5) is 0 Å². The number of fused-ring (bicyclic) bond motifs is 2. The predicted molar refractivity (Wildman–Crippen MR) is 103 cm³/mol. The summed E-state index contributed by atoms with van der Waals surface area (Å²) in [6.07, 6.45) is 0.384. The minimum Gasteiger partial charge on any atom is -0.459 e. The first-order chi connectivity index (χ1) is 13.9. The highest BCUT2D eigenvalue weighted by molar-refractivity contribution is 5.91. The van der Waals surface area contributed by atoms with Gasteiger partial charge in [-0.2, -0.15) is 0 Å². The molecule has 8 nitrogen and oxygen atoms in total. The molecule has 4 aliphatic rings. The largest absolute Gasteiger partial charge is 0.459 e. The van der Waals surface area contributed by atoms with Gasteiger partial charge in [-0.25, -0.2) is 9.59 Å². The highest BCUT2D eigenvalue weighted by atomic mass is 16.7. The van der Waals surface area contributed by atoms with Crippen LogP contribution < -0.4 is 0 Å². The first-order valence-electron chi connectivity index (χ1n) is 10.3. The zero-order valence-electron chi connectivity index (χ0n) is 17.9. The van der Waals surface area contributed by atoms with Crippen LogP contribution in [0, 0.1) is 5.92 Å². The molecule has 8 heteroatoms. The average molecular weight is 420 g/mol. The SMILES string of the molecule is C=C1C(=O)O[C@@H]2/C=C(/C)[C@@H](OC(C)=O)C[C@H]3O[C@]3(C)C[C@@H](OC(=O)[C@@]3(C)O[C@@H]3C)[C@@H]12. The van der Waals surface area contributed by atoms with Gasteiger partial charge in [-0.3, -0.25) is 4.79 Å². The highest BCUT2D eigenvalue weighted by Gasteiger charge is 2.61. The fourth-order valence-electron chi connectivity index (χ4n) is 4.48. The molecule has 3 heterocycles. The normalized spacial score (nSPS) is 46.5. The van der Waals surface area contributed by atoms with Crippen LogP contribution in [-0.4, -0.2) is 59.6 Å². The first kappa shape index (κ1) is 21.1. The highest BCUT2D eigenvalue weighted by Crippen LogP contribution is 2.49. The third-order valence-electron chi connectivity index (χ3n) is 6.78.